The molecule has 1 aliphatic rings. The molecule has 13 nitrogen and oxygen atoms in total. The highest BCUT2D eigenvalue weighted by atomic mass is 16.6. The Morgan fingerprint density at radius 1 is 1.14 bits per heavy atom. The first-order valence-electron chi connectivity index (χ1n) is 13.6. The molecule has 2 N–H and O–H groups in total. The molecule has 4 heterocycles. The van der Waals surface area contributed by atoms with Crippen LogP contribution in [0.25, 0.3) is 11.3 Å². The summed E-state index contributed by atoms with van der Waals surface area (Å²) in [4.78, 5) is 49.9. The van der Waals surface area contributed by atoms with Gasteiger partial charge in [-0.1, -0.05) is 0 Å². The Labute approximate surface area is 242 Å². The molecule has 1 fully saturated rings. The maximum atomic E-state index is 13.4. The fourth-order valence-corrected chi connectivity index (χ4v) is 4.53. The van der Waals surface area contributed by atoms with Crippen LogP contribution < -0.4 is 21.1 Å². The van der Waals surface area contributed by atoms with E-state index >= 15 is 0 Å². The zero-order valence-corrected chi connectivity index (χ0v) is 24.4. The first kappa shape index (κ1) is 28.7. The molecule has 0 unspecified atom stereocenters. The number of methoxy groups -OCH3 is 1. The number of anilines is 3. The van der Waals surface area contributed by atoms with Crippen molar-refractivity contribution < 1.29 is 19.1 Å². The summed E-state index contributed by atoms with van der Waals surface area (Å²) in [5.41, 5.74) is 0.969. The van der Waals surface area contributed by atoms with Gasteiger partial charge in [-0.25, -0.2) is 9.78 Å². The largest absolute Gasteiger partial charge is 0.443 e. The normalized spacial score (nSPS) is 16.5. The van der Waals surface area contributed by atoms with Crippen LogP contribution in [0, 0.1) is 6.92 Å². The van der Waals surface area contributed by atoms with Gasteiger partial charge in [0.05, 0.1) is 30.2 Å². The average Bonchev–Trinajstić information content (AvgIpc) is 3.35. The number of carbonyl (C=O) groups is 2. The molecule has 5 rings (SSSR count). The van der Waals surface area contributed by atoms with Gasteiger partial charge in [0.15, 0.2) is 5.65 Å². The molecule has 2 amide bonds. The summed E-state index contributed by atoms with van der Waals surface area (Å²) < 4.78 is 13.8. The van der Waals surface area contributed by atoms with E-state index in [1.165, 1.54) is 27.2 Å². The van der Waals surface area contributed by atoms with Crippen LogP contribution in [0.4, 0.5) is 22.1 Å². The Morgan fingerprint density at radius 3 is 2.57 bits per heavy atom. The third-order valence-electron chi connectivity index (χ3n) is 6.92. The predicted molar refractivity (Wildman–Crippen MR) is 157 cm³/mol. The molecule has 220 valence electrons. The van der Waals surface area contributed by atoms with Crippen molar-refractivity contribution in [1.82, 2.24) is 29.5 Å². The highest BCUT2D eigenvalue weighted by Crippen LogP contribution is 2.26. The van der Waals surface area contributed by atoms with Crippen LogP contribution in [0.15, 0.2) is 53.7 Å². The molecular weight excluding hydrogens is 540 g/mol. The van der Waals surface area contributed by atoms with E-state index in [1.807, 2.05) is 13.0 Å². The van der Waals surface area contributed by atoms with Gasteiger partial charge >= 0.3 is 6.09 Å². The van der Waals surface area contributed by atoms with Gasteiger partial charge in [0.1, 0.15) is 28.5 Å². The molecule has 13 heteroatoms. The minimum absolute atomic E-state index is 0.0566. The molecule has 0 aromatic carbocycles. The number of nitrogens with one attached hydrogen (secondary N) is 2. The van der Waals surface area contributed by atoms with Gasteiger partial charge in [0.2, 0.25) is 0 Å². The van der Waals surface area contributed by atoms with Crippen LogP contribution in [-0.2, 0) is 9.47 Å². The number of aromatic nitrogens is 5. The molecular formula is C29H34N8O5. The van der Waals surface area contributed by atoms with E-state index in [0.29, 0.717) is 5.69 Å². The van der Waals surface area contributed by atoms with Crippen molar-refractivity contribution in [2.75, 3.05) is 24.4 Å². The summed E-state index contributed by atoms with van der Waals surface area (Å²) >= 11 is 0. The third-order valence-corrected chi connectivity index (χ3v) is 6.92. The predicted octanol–water partition coefficient (Wildman–Crippen LogP) is 3.61. The Morgan fingerprint density at radius 2 is 1.93 bits per heavy atom. The molecule has 4 aromatic rings. The number of rotatable bonds is 7. The minimum atomic E-state index is -0.742. The zero-order valence-electron chi connectivity index (χ0n) is 24.4. The quantitative estimate of drug-likeness (QED) is 0.338. The van der Waals surface area contributed by atoms with Gasteiger partial charge < -0.3 is 20.1 Å². The lowest BCUT2D eigenvalue weighted by Crippen LogP contribution is -2.51. The lowest BCUT2D eigenvalue weighted by molar-refractivity contribution is 0.00732. The van der Waals surface area contributed by atoms with Crippen molar-refractivity contribution in [2.24, 2.45) is 0 Å². The molecule has 0 spiro atoms. The van der Waals surface area contributed by atoms with Crippen molar-refractivity contribution in [3.05, 3.63) is 70.5 Å². The smallest absolute Gasteiger partial charge is 0.415 e. The van der Waals surface area contributed by atoms with E-state index in [2.05, 4.69) is 25.7 Å². The molecule has 42 heavy (non-hydrogen) atoms. The maximum absolute atomic E-state index is 13.4. The van der Waals surface area contributed by atoms with Crippen molar-refractivity contribution in [3.63, 3.8) is 0 Å². The lowest BCUT2D eigenvalue weighted by Gasteiger charge is -2.35. The van der Waals surface area contributed by atoms with Crippen LogP contribution >= 0.6 is 0 Å². The first-order valence-corrected chi connectivity index (χ1v) is 13.6. The summed E-state index contributed by atoms with van der Waals surface area (Å²) in [6, 6.07) is 8.40. The number of amides is 2. The number of fused-ring (bicyclic) bond motifs is 1. The number of aryl methyl sites for hydroxylation is 1. The summed E-state index contributed by atoms with van der Waals surface area (Å²) in [6.07, 6.45) is 5.63. The third kappa shape index (κ3) is 5.81. The van der Waals surface area contributed by atoms with Crippen molar-refractivity contribution >= 4 is 35.0 Å². The van der Waals surface area contributed by atoms with E-state index in [1.54, 1.807) is 64.5 Å². The molecule has 1 aliphatic carbocycles. The van der Waals surface area contributed by atoms with Crippen LogP contribution in [0.2, 0.25) is 0 Å². The molecule has 4 aromatic heterocycles. The second-order valence-electron chi connectivity index (χ2n) is 11.1. The van der Waals surface area contributed by atoms with E-state index < -0.39 is 11.7 Å². The van der Waals surface area contributed by atoms with Gasteiger partial charge in [0, 0.05) is 32.1 Å². The number of hydrogen-bond acceptors (Lipinski definition) is 9. The second kappa shape index (κ2) is 11.2. The Bertz CT molecular complexity index is 1690. The number of pyridine rings is 2. The van der Waals surface area contributed by atoms with Crippen molar-refractivity contribution in [1.29, 1.82) is 0 Å². The van der Waals surface area contributed by atoms with Gasteiger partial charge in [-0.2, -0.15) is 9.61 Å². The molecule has 0 radical (unpaired) electrons. The summed E-state index contributed by atoms with van der Waals surface area (Å²) in [5.74, 6) is 0.118. The fourth-order valence-electron chi connectivity index (χ4n) is 4.53. The van der Waals surface area contributed by atoms with E-state index in [4.69, 9.17) is 9.47 Å². The monoisotopic (exact) mass is 574 g/mol. The molecule has 0 bridgehead atoms. The Hall–Kier alpha value is -4.78. The summed E-state index contributed by atoms with van der Waals surface area (Å²) in [5, 5.41) is 10.4. The van der Waals surface area contributed by atoms with Gasteiger partial charge in [-0.05, 0) is 64.8 Å². The van der Waals surface area contributed by atoms with Crippen molar-refractivity contribution in [3.8, 4) is 5.69 Å². The maximum Gasteiger partial charge on any atom is 0.415 e. The molecule has 0 saturated heterocycles. The molecule has 1 saturated carbocycles. The number of hydrogen-bond donors (Lipinski definition) is 2. The van der Waals surface area contributed by atoms with E-state index in [9.17, 15) is 14.4 Å². The van der Waals surface area contributed by atoms with Crippen molar-refractivity contribution in [2.45, 2.75) is 58.3 Å². The second-order valence-corrected chi connectivity index (χ2v) is 11.1. The van der Waals surface area contributed by atoms with Crippen LogP contribution in [0.1, 0.15) is 49.7 Å². The highest BCUT2D eigenvalue weighted by Gasteiger charge is 2.33. The Kier molecular flexibility index (Phi) is 7.69. The van der Waals surface area contributed by atoms with Crippen LogP contribution in [0.5, 0.6) is 0 Å². The first-order chi connectivity index (χ1) is 19.9. The van der Waals surface area contributed by atoms with E-state index in [0.717, 1.165) is 18.5 Å². The number of nitrogens with zero attached hydrogens (tertiary/aromatic N) is 6. The number of ether oxygens (including phenoxy) is 2. The number of carbonyl (C=O) groups excluding carboxylic acids is 2. The topological polar surface area (TPSA) is 145 Å². The summed E-state index contributed by atoms with van der Waals surface area (Å²) in [7, 11) is 3.15. The zero-order chi connectivity index (χ0) is 30.2. The minimum Gasteiger partial charge on any atom is -0.443 e. The standard InChI is InChI=1S/C29H34N8O5/c1-17-9-10-18(15-30-17)36-13-7-8-21(27(36)39)32-23-14-24(35(5)28(40)42-29(2,3)4)37-25(34-23)19(16-31-37)26(38)33-20-11-12-22(20)41-6/h7-10,13-16,20,22H,11-12H2,1-6H3,(H,32,34)(H,33,38)/t20-,22-/m0/s1. The highest BCUT2D eigenvalue weighted by molar-refractivity contribution is 6.00. The SMILES string of the molecule is CO[C@H]1CC[C@@H]1NC(=O)c1cnn2c(N(C)C(=O)OC(C)(C)C)cc(Nc3cccn(-c4ccc(C)nc4)c3=O)nc12. The summed E-state index contributed by atoms with van der Waals surface area (Å²) in [6.45, 7) is 7.16. The Balaban J connectivity index is 1.55. The lowest BCUT2D eigenvalue weighted by atomic mass is 9.89. The van der Waals surface area contributed by atoms with Gasteiger partial charge in [-0.15, -0.1) is 0 Å². The molecule has 0 aliphatic heterocycles. The van der Waals surface area contributed by atoms with E-state index in [-0.39, 0.29) is 52.1 Å². The van der Waals surface area contributed by atoms with Crippen LogP contribution in [-0.4, -0.2) is 68.1 Å². The van der Waals surface area contributed by atoms with Gasteiger partial charge in [-0.3, -0.25) is 24.0 Å². The van der Waals surface area contributed by atoms with Gasteiger partial charge in [0.25, 0.3) is 11.5 Å². The fraction of sp³-hybridized carbons (Fsp3) is 0.379. The van der Waals surface area contributed by atoms with Crippen LogP contribution in [0.3, 0.4) is 0 Å². The average molecular weight is 575 g/mol. The molecule has 2 atom stereocenters.